The van der Waals surface area contributed by atoms with E-state index in [1.54, 1.807) is 7.11 Å². The average molecular weight is 293 g/mol. The third kappa shape index (κ3) is 4.76. The van der Waals surface area contributed by atoms with Gasteiger partial charge in [0.1, 0.15) is 5.82 Å². The molecule has 0 saturated heterocycles. The van der Waals surface area contributed by atoms with Crippen molar-refractivity contribution in [2.45, 2.75) is 32.0 Å². The van der Waals surface area contributed by atoms with Crippen LogP contribution in [0.5, 0.6) is 0 Å². The van der Waals surface area contributed by atoms with Gasteiger partial charge in [-0.25, -0.2) is 4.39 Å². The molecule has 1 unspecified atom stereocenters. The largest absolute Gasteiger partial charge is 0.419 e. The van der Waals surface area contributed by atoms with Gasteiger partial charge in [0.05, 0.1) is 5.56 Å². The first kappa shape index (κ1) is 16.9. The van der Waals surface area contributed by atoms with E-state index in [2.05, 4.69) is 5.32 Å². The van der Waals surface area contributed by atoms with Crippen LogP contribution in [0.25, 0.3) is 0 Å². The Balaban J connectivity index is 2.96. The molecular weight excluding hydrogens is 274 g/mol. The van der Waals surface area contributed by atoms with Crippen molar-refractivity contribution in [2.24, 2.45) is 0 Å². The zero-order chi connectivity index (χ0) is 15.2. The zero-order valence-corrected chi connectivity index (χ0v) is 11.6. The SMILES string of the molecule is CCNC(CCCOC)c1ccc(F)c(C(F)(F)F)c1. The summed E-state index contributed by atoms with van der Waals surface area (Å²) in [6.07, 6.45) is -3.33. The fourth-order valence-electron chi connectivity index (χ4n) is 2.04. The molecular formula is C14H19F4NO. The van der Waals surface area contributed by atoms with E-state index < -0.39 is 17.6 Å². The number of rotatable bonds is 7. The first-order valence-corrected chi connectivity index (χ1v) is 6.49. The predicted octanol–water partition coefficient (Wildman–Crippen LogP) is 3.92. The summed E-state index contributed by atoms with van der Waals surface area (Å²) in [6.45, 7) is 3.03. The highest BCUT2D eigenvalue weighted by molar-refractivity contribution is 5.29. The van der Waals surface area contributed by atoms with Crippen LogP contribution < -0.4 is 5.32 Å². The summed E-state index contributed by atoms with van der Waals surface area (Å²) < 4.78 is 56.3. The topological polar surface area (TPSA) is 21.3 Å². The summed E-state index contributed by atoms with van der Waals surface area (Å²) >= 11 is 0. The number of alkyl halides is 3. The predicted molar refractivity (Wildman–Crippen MR) is 68.9 cm³/mol. The first-order chi connectivity index (χ1) is 9.40. The Bertz CT molecular complexity index is 420. The maximum atomic E-state index is 13.3. The number of benzene rings is 1. The Kier molecular flexibility index (Phi) is 6.42. The van der Waals surface area contributed by atoms with Crippen molar-refractivity contribution in [3.05, 3.63) is 35.1 Å². The van der Waals surface area contributed by atoms with Gasteiger partial charge >= 0.3 is 6.18 Å². The van der Waals surface area contributed by atoms with E-state index in [0.717, 1.165) is 12.1 Å². The van der Waals surface area contributed by atoms with Crippen LogP contribution in [0.2, 0.25) is 0 Å². The van der Waals surface area contributed by atoms with Gasteiger partial charge in [0, 0.05) is 19.8 Å². The summed E-state index contributed by atoms with van der Waals surface area (Å²) in [7, 11) is 1.57. The summed E-state index contributed by atoms with van der Waals surface area (Å²) in [5, 5.41) is 3.11. The van der Waals surface area contributed by atoms with Gasteiger partial charge in [-0.2, -0.15) is 13.2 Å². The first-order valence-electron chi connectivity index (χ1n) is 6.49. The van der Waals surface area contributed by atoms with Gasteiger partial charge in [-0.05, 0) is 37.1 Å². The standard InChI is InChI=1S/C14H19F4NO/c1-3-19-13(5-4-8-20-2)10-6-7-12(15)11(9-10)14(16,17)18/h6-7,9,13,19H,3-5,8H2,1-2H3. The van der Waals surface area contributed by atoms with E-state index in [1.165, 1.54) is 6.07 Å². The molecule has 20 heavy (non-hydrogen) atoms. The van der Waals surface area contributed by atoms with E-state index in [0.29, 0.717) is 31.6 Å². The highest BCUT2D eigenvalue weighted by atomic mass is 19.4. The fraction of sp³-hybridized carbons (Fsp3) is 0.571. The molecule has 1 atom stereocenters. The number of nitrogens with one attached hydrogen (secondary N) is 1. The summed E-state index contributed by atoms with van der Waals surface area (Å²) in [5.41, 5.74) is -0.777. The van der Waals surface area contributed by atoms with Crippen molar-refractivity contribution >= 4 is 0 Å². The Morgan fingerprint density at radius 1 is 1.30 bits per heavy atom. The lowest BCUT2D eigenvalue weighted by Crippen LogP contribution is -2.22. The van der Waals surface area contributed by atoms with Crippen LogP contribution in [0.1, 0.15) is 36.9 Å². The van der Waals surface area contributed by atoms with Gasteiger partial charge in [0.25, 0.3) is 0 Å². The van der Waals surface area contributed by atoms with E-state index in [4.69, 9.17) is 4.74 Å². The molecule has 0 amide bonds. The quantitative estimate of drug-likeness (QED) is 0.607. The average Bonchev–Trinajstić information content (AvgIpc) is 2.37. The minimum atomic E-state index is -4.68. The summed E-state index contributed by atoms with van der Waals surface area (Å²) in [5.74, 6) is -1.24. The van der Waals surface area contributed by atoms with Crippen LogP contribution in [-0.4, -0.2) is 20.3 Å². The van der Waals surface area contributed by atoms with Crippen LogP contribution >= 0.6 is 0 Å². The van der Waals surface area contributed by atoms with Crippen molar-refractivity contribution in [2.75, 3.05) is 20.3 Å². The third-order valence-corrected chi connectivity index (χ3v) is 2.99. The molecule has 0 heterocycles. The molecule has 0 aromatic heterocycles. The van der Waals surface area contributed by atoms with Crippen LogP contribution in [0.15, 0.2) is 18.2 Å². The molecule has 1 N–H and O–H groups in total. The maximum Gasteiger partial charge on any atom is 0.419 e. The smallest absolute Gasteiger partial charge is 0.385 e. The lowest BCUT2D eigenvalue weighted by molar-refractivity contribution is -0.140. The highest BCUT2D eigenvalue weighted by Gasteiger charge is 2.34. The van der Waals surface area contributed by atoms with Gasteiger partial charge in [-0.3, -0.25) is 0 Å². The van der Waals surface area contributed by atoms with Crippen molar-refractivity contribution in [1.29, 1.82) is 0 Å². The molecule has 0 aliphatic heterocycles. The second-order valence-electron chi connectivity index (χ2n) is 4.48. The molecule has 0 radical (unpaired) electrons. The monoisotopic (exact) mass is 293 g/mol. The molecule has 6 heteroatoms. The van der Waals surface area contributed by atoms with Crippen molar-refractivity contribution in [3.8, 4) is 0 Å². The number of hydrogen-bond acceptors (Lipinski definition) is 2. The zero-order valence-electron chi connectivity index (χ0n) is 11.6. The van der Waals surface area contributed by atoms with Crippen molar-refractivity contribution in [1.82, 2.24) is 5.32 Å². The molecule has 1 rings (SSSR count). The number of methoxy groups -OCH3 is 1. The minimum Gasteiger partial charge on any atom is -0.385 e. The molecule has 0 aliphatic rings. The van der Waals surface area contributed by atoms with E-state index >= 15 is 0 Å². The molecule has 2 nitrogen and oxygen atoms in total. The van der Waals surface area contributed by atoms with Crippen LogP contribution in [0.4, 0.5) is 17.6 Å². The Hall–Kier alpha value is -1.14. The van der Waals surface area contributed by atoms with Crippen LogP contribution in [0, 0.1) is 5.82 Å². The van der Waals surface area contributed by atoms with Crippen molar-refractivity contribution < 1.29 is 22.3 Å². The molecule has 1 aromatic carbocycles. The molecule has 0 aliphatic carbocycles. The second kappa shape index (κ2) is 7.59. The van der Waals surface area contributed by atoms with Gasteiger partial charge < -0.3 is 10.1 Å². The minimum absolute atomic E-state index is 0.239. The Labute approximate surface area is 116 Å². The normalized spacial score (nSPS) is 13.5. The summed E-state index contributed by atoms with van der Waals surface area (Å²) in [6, 6.07) is 2.91. The fourth-order valence-corrected chi connectivity index (χ4v) is 2.04. The lowest BCUT2D eigenvalue weighted by Gasteiger charge is -2.20. The van der Waals surface area contributed by atoms with Crippen molar-refractivity contribution in [3.63, 3.8) is 0 Å². The molecule has 0 fully saturated rings. The second-order valence-corrected chi connectivity index (χ2v) is 4.48. The van der Waals surface area contributed by atoms with Gasteiger partial charge in [0.2, 0.25) is 0 Å². The Morgan fingerprint density at radius 3 is 2.55 bits per heavy atom. The van der Waals surface area contributed by atoms with Gasteiger partial charge in [0.15, 0.2) is 0 Å². The lowest BCUT2D eigenvalue weighted by atomic mass is 9.99. The van der Waals surface area contributed by atoms with E-state index in [-0.39, 0.29) is 6.04 Å². The number of halogens is 4. The third-order valence-electron chi connectivity index (χ3n) is 2.99. The molecule has 1 aromatic rings. The number of hydrogen-bond donors (Lipinski definition) is 1. The molecule has 0 spiro atoms. The molecule has 114 valence electrons. The van der Waals surface area contributed by atoms with Gasteiger partial charge in [-0.15, -0.1) is 0 Å². The van der Waals surface area contributed by atoms with E-state index in [1.807, 2.05) is 6.92 Å². The summed E-state index contributed by atoms with van der Waals surface area (Å²) in [4.78, 5) is 0. The molecule has 0 bridgehead atoms. The molecule has 0 saturated carbocycles. The maximum absolute atomic E-state index is 13.3. The van der Waals surface area contributed by atoms with E-state index in [9.17, 15) is 17.6 Å². The number of ether oxygens (including phenoxy) is 1. The van der Waals surface area contributed by atoms with Crippen LogP contribution in [-0.2, 0) is 10.9 Å². The highest BCUT2D eigenvalue weighted by Crippen LogP contribution is 2.33. The van der Waals surface area contributed by atoms with Gasteiger partial charge in [-0.1, -0.05) is 13.0 Å². The van der Waals surface area contributed by atoms with Crippen LogP contribution in [0.3, 0.4) is 0 Å². The Morgan fingerprint density at radius 2 is 2.00 bits per heavy atom.